The van der Waals surface area contributed by atoms with Crippen molar-refractivity contribution in [2.45, 2.75) is 5.41 Å². The second-order valence-electron chi connectivity index (χ2n) is 16.0. The zero-order valence-electron chi connectivity index (χ0n) is 33.4. The number of benzene rings is 10. The first-order chi connectivity index (χ1) is 30.2. The summed E-state index contributed by atoms with van der Waals surface area (Å²) in [6.07, 6.45) is 0. The number of nitrogens with zero attached hydrogens (tertiary/aromatic N) is 1. The molecular formula is C59H39NO. The molecule has 0 atom stereocenters. The maximum atomic E-state index is 6.42. The van der Waals surface area contributed by atoms with Gasteiger partial charge in [0.15, 0.2) is 0 Å². The van der Waals surface area contributed by atoms with Crippen molar-refractivity contribution in [1.82, 2.24) is 0 Å². The van der Waals surface area contributed by atoms with Crippen LogP contribution in [0.25, 0.3) is 66.1 Å². The van der Waals surface area contributed by atoms with Gasteiger partial charge in [0, 0.05) is 22.1 Å². The van der Waals surface area contributed by atoms with E-state index in [1.54, 1.807) is 0 Å². The summed E-state index contributed by atoms with van der Waals surface area (Å²) in [5.74, 6) is 0. The summed E-state index contributed by atoms with van der Waals surface area (Å²) in [7, 11) is 0. The lowest BCUT2D eigenvalue weighted by Crippen LogP contribution is -2.30. The van der Waals surface area contributed by atoms with Gasteiger partial charge < -0.3 is 9.32 Å². The summed E-state index contributed by atoms with van der Waals surface area (Å²) in [6, 6.07) is 86.2. The molecule has 0 spiro atoms. The quantitative estimate of drug-likeness (QED) is 0.160. The van der Waals surface area contributed by atoms with Gasteiger partial charge in [-0.05, 0) is 121 Å². The molecule has 0 N–H and O–H groups in total. The SMILES string of the molecule is c1ccc(-c2ccc(N(c3cccc(-c4ccc5oc6cc7ccccc7cc6c5c4)c3)c3ccccc3C3(c4ccccc4)c4ccccc4-c4ccccc43)cc2)cc1. The molecule has 1 aromatic heterocycles. The van der Waals surface area contributed by atoms with Gasteiger partial charge in [0.2, 0.25) is 0 Å². The van der Waals surface area contributed by atoms with Crippen LogP contribution in [-0.4, -0.2) is 0 Å². The summed E-state index contributed by atoms with van der Waals surface area (Å²) in [5.41, 5.74) is 16.7. The first-order valence-corrected chi connectivity index (χ1v) is 21.0. The zero-order valence-corrected chi connectivity index (χ0v) is 33.4. The van der Waals surface area contributed by atoms with E-state index in [1.165, 1.54) is 55.3 Å². The molecule has 286 valence electrons. The van der Waals surface area contributed by atoms with Gasteiger partial charge in [-0.3, -0.25) is 0 Å². The van der Waals surface area contributed by atoms with Crippen LogP contribution in [0.4, 0.5) is 17.1 Å². The molecular weight excluding hydrogens is 739 g/mol. The average molecular weight is 778 g/mol. The number of rotatable bonds is 7. The lowest BCUT2D eigenvalue weighted by molar-refractivity contribution is 0.669. The third kappa shape index (κ3) is 5.57. The third-order valence-electron chi connectivity index (χ3n) is 12.7. The molecule has 0 unspecified atom stereocenters. The van der Waals surface area contributed by atoms with Crippen molar-refractivity contribution in [3.8, 4) is 33.4 Å². The maximum absolute atomic E-state index is 6.42. The minimum Gasteiger partial charge on any atom is -0.456 e. The van der Waals surface area contributed by atoms with Crippen LogP contribution in [0, 0.1) is 0 Å². The summed E-state index contributed by atoms with van der Waals surface area (Å²) in [5, 5.41) is 4.63. The molecule has 0 bridgehead atoms. The molecule has 0 fully saturated rings. The van der Waals surface area contributed by atoms with Crippen LogP contribution in [0.3, 0.4) is 0 Å². The average Bonchev–Trinajstić information content (AvgIpc) is 3.84. The Morgan fingerprint density at radius 3 is 1.61 bits per heavy atom. The van der Waals surface area contributed by atoms with Crippen molar-refractivity contribution < 1.29 is 4.42 Å². The number of para-hydroxylation sites is 1. The van der Waals surface area contributed by atoms with E-state index in [0.29, 0.717) is 0 Å². The third-order valence-corrected chi connectivity index (χ3v) is 12.7. The van der Waals surface area contributed by atoms with Crippen molar-refractivity contribution >= 4 is 49.8 Å². The largest absolute Gasteiger partial charge is 0.456 e. The van der Waals surface area contributed by atoms with Crippen LogP contribution in [0.2, 0.25) is 0 Å². The Hall–Kier alpha value is -7.94. The van der Waals surface area contributed by atoms with E-state index in [4.69, 9.17) is 4.42 Å². The van der Waals surface area contributed by atoms with Gasteiger partial charge in [0.25, 0.3) is 0 Å². The smallest absolute Gasteiger partial charge is 0.136 e. The van der Waals surface area contributed by atoms with E-state index in [0.717, 1.165) is 50.1 Å². The molecule has 0 saturated heterocycles. The van der Waals surface area contributed by atoms with Crippen LogP contribution < -0.4 is 4.90 Å². The summed E-state index contributed by atoms with van der Waals surface area (Å²) in [4.78, 5) is 2.46. The second kappa shape index (κ2) is 14.1. The highest BCUT2D eigenvalue weighted by molar-refractivity contribution is 6.11. The molecule has 1 heterocycles. The highest BCUT2D eigenvalue weighted by Gasteiger charge is 2.47. The van der Waals surface area contributed by atoms with Crippen molar-refractivity contribution in [2.24, 2.45) is 0 Å². The van der Waals surface area contributed by atoms with Crippen molar-refractivity contribution in [2.75, 3.05) is 4.90 Å². The minimum atomic E-state index is -0.581. The number of hydrogen-bond donors (Lipinski definition) is 0. The zero-order chi connectivity index (χ0) is 40.3. The fourth-order valence-electron chi connectivity index (χ4n) is 9.99. The molecule has 0 saturated carbocycles. The van der Waals surface area contributed by atoms with E-state index in [1.807, 2.05) is 0 Å². The molecule has 2 nitrogen and oxygen atoms in total. The highest BCUT2D eigenvalue weighted by atomic mass is 16.3. The number of furan rings is 1. The van der Waals surface area contributed by atoms with Crippen LogP contribution in [-0.2, 0) is 5.41 Å². The molecule has 0 amide bonds. The first kappa shape index (κ1) is 35.0. The molecule has 2 heteroatoms. The maximum Gasteiger partial charge on any atom is 0.136 e. The first-order valence-electron chi connectivity index (χ1n) is 21.0. The highest BCUT2D eigenvalue weighted by Crippen LogP contribution is 2.58. The van der Waals surface area contributed by atoms with Gasteiger partial charge in [0.1, 0.15) is 11.2 Å². The fraction of sp³-hybridized carbons (Fsp3) is 0.0169. The standard InChI is InChI=1S/C59H39NO/c1-3-16-40(17-4-1)41-30-33-47(34-31-41)60(48-23-15-20-42(36-48)45-32-35-57-51(38-45)52-37-43-18-7-8-19-44(43)39-58(52)61-57)56-29-14-13-28-55(56)59(46-21-5-2-6-22-46)53-26-11-9-24-49(53)50-25-10-12-27-54(50)59/h1-39H. The molecule has 12 rings (SSSR count). The molecule has 61 heavy (non-hydrogen) atoms. The Labute approximate surface area is 355 Å². The van der Waals surface area contributed by atoms with E-state index >= 15 is 0 Å². The van der Waals surface area contributed by atoms with E-state index in [2.05, 4.69) is 241 Å². The number of fused-ring (bicyclic) bond motifs is 7. The molecule has 1 aliphatic carbocycles. The second-order valence-corrected chi connectivity index (χ2v) is 16.0. The van der Waals surface area contributed by atoms with Gasteiger partial charge in [-0.1, -0.05) is 182 Å². The lowest BCUT2D eigenvalue weighted by atomic mass is 9.67. The Morgan fingerprint density at radius 2 is 0.869 bits per heavy atom. The molecule has 11 aromatic rings. The van der Waals surface area contributed by atoms with Gasteiger partial charge in [-0.2, -0.15) is 0 Å². The fourth-order valence-corrected chi connectivity index (χ4v) is 9.99. The van der Waals surface area contributed by atoms with Crippen LogP contribution in [0.5, 0.6) is 0 Å². The van der Waals surface area contributed by atoms with Crippen molar-refractivity contribution in [3.05, 3.63) is 259 Å². The van der Waals surface area contributed by atoms with Crippen molar-refractivity contribution in [1.29, 1.82) is 0 Å². The normalized spacial score (nSPS) is 12.7. The molecule has 10 aromatic carbocycles. The Bertz CT molecular complexity index is 3370. The van der Waals surface area contributed by atoms with Crippen molar-refractivity contribution in [3.63, 3.8) is 0 Å². The Kier molecular flexibility index (Phi) is 8.11. The Morgan fingerprint density at radius 1 is 0.328 bits per heavy atom. The Balaban J connectivity index is 1.08. The topological polar surface area (TPSA) is 16.4 Å². The minimum absolute atomic E-state index is 0.581. The number of anilines is 3. The predicted molar refractivity (Wildman–Crippen MR) is 254 cm³/mol. The molecule has 1 aliphatic rings. The lowest BCUT2D eigenvalue weighted by Gasteiger charge is -2.38. The molecule has 0 aliphatic heterocycles. The van der Waals surface area contributed by atoms with Gasteiger partial charge >= 0.3 is 0 Å². The van der Waals surface area contributed by atoms with Gasteiger partial charge in [-0.25, -0.2) is 0 Å². The predicted octanol–water partition coefficient (Wildman–Crippen LogP) is 15.9. The summed E-state index contributed by atoms with van der Waals surface area (Å²) < 4.78 is 6.42. The van der Waals surface area contributed by atoms with Crippen LogP contribution in [0.15, 0.2) is 241 Å². The van der Waals surface area contributed by atoms with Crippen LogP contribution in [0.1, 0.15) is 22.3 Å². The van der Waals surface area contributed by atoms with Crippen LogP contribution >= 0.6 is 0 Å². The summed E-state index contributed by atoms with van der Waals surface area (Å²) in [6.45, 7) is 0. The van der Waals surface area contributed by atoms with E-state index in [9.17, 15) is 0 Å². The van der Waals surface area contributed by atoms with E-state index in [-0.39, 0.29) is 0 Å². The summed E-state index contributed by atoms with van der Waals surface area (Å²) >= 11 is 0. The monoisotopic (exact) mass is 777 g/mol. The molecule has 0 radical (unpaired) electrons. The van der Waals surface area contributed by atoms with Gasteiger partial charge in [0.05, 0.1) is 11.1 Å². The number of hydrogen-bond acceptors (Lipinski definition) is 2. The van der Waals surface area contributed by atoms with Gasteiger partial charge in [-0.15, -0.1) is 0 Å². The van der Waals surface area contributed by atoms with E-state index < -0.39 is 5.41 Å².